The number of fused-ring (bicyclic) bond motifs is 2. The van der Waals surface area contributed by atoms with Gasteiger partial charge in [0.05, 0.1) is 24.3 Å². The van der Waals surface area contributed by atoms with Crippen LogP contribution in [0.5, 0.6) is 0 Å². The lowest BCUT2D eigenvalue weighted by Gasteiger charge is -2.25. The molecule has 1 unspecified atom stereocenters. The first kappa shape index (κ1) is 22.3. The Morgan fingerprint density at radius 3 is 2.39 bits per heavy atom. The molecule has 0 radical (unpaired) electrons. The molecule has 0 fully saturated rings. The molecule has 0 saturated heterocycles. The molecule has 1 aliphatic carbocycles. The van der Waals surface area contributed by atoms with E-state index in [2.05, 4.69) is 11.4 Å². The van der Waals surface area contributed by atoms with Crippen LogP contribution in [0.3, 0.4) is 0 Å². The summed E-state index contributed by atoms with van der Waals surface area (Å²) in [5, 5.41) is 2.95. The first-order valence-corrected chi connectivity index (χ1v) is 13.2. The summed E-state index contributed by atoms with van der Waals surface area (Å²) in [5.74, 6) is 0.224. The van der Waals surface area contributed by atoms with E-state index in [1.54, 1.807) is 38.1 Å². The van der Waals surface area contributed by atoms with Crippen molar-refractivity contribution in [3.05, 3.63) is 58.7 Å². The van der Waals surface area contributed by atoms with Crippen molar-refractivity contribution in [2.75, 3.05) is 24.3 Å². The first-order valence-electron chi connectivity index (χ1n) is 10.6. The van der Waals surface area contributed by atoms with Crippen LogP contribution in [-0.4, -0.2) is 30.7 Å². The van der Waals surface area contributed by atoms with Crippen LogP contribution in [0.4, 0.5) is 5.69 Å². The summed E-state index contributed by atoms with van der Waals surface area (Å²) in [4.78, 5) is 25.5. The molecular formula is C23H26NO5PS. The highest BCUT2D eigenvalue weighted by Gasteiger charge is 2.33. The fourth-order valence-electron chi connectivity index (χ4n) is 4.11. The van der Waals surface area contributed by atoms with E-state index in [1.165, 1.54) is 22.9 Å². The molecule has 1 heterocycles. The minimum absolute atomic E-state index is 0.0886. The van der Waals surface area contributed by atoms with Crippen molar-refractivity contribution in [1.82, 2.24) is 0 Å². The van der Waals surface area contributed by atoms with E-state index in [0.717, 1.165) is 24.8 Å². The van der Waals surface area contributed by atoms with Crippen LogP contribution in [0, 0.1) is 0 Å². The second-order valence-electron chi connectivity index (χ2n) is 7.55. The number of aryl methyl sites for hydroxylation is 2. The summed E-state index contributed by atoms with van der Waals surface area (Å²) in [6, 6.07) is 10.7. The van der Waals surface area contributed by atoms with Crippen LogP contribution >= 0.6 is 19.4 Å². The van der Waals surface area contributed by atoms with E-state index >= 15 is 0 Å². The Morgan fingerprint density at radius 1 is 1.10 bits per heavy atom. The molecule has 4 rings (SSSR count). The van der Waals surface area contributed by atoms with E-state index < -0.39 is 12.8 Å². The summed E-state index contributed by atoms with van der Waals surface area (Å²) in [7, 11) is -3.37. The normalized spacial score (nSPS) is 17.9. The van der Waals surface area contributed by atoms with Gasteiger partial charge in [0.2, 0.25) is 5.91 Å². The third-order valence-electron chi connectivity index (χ3n) is 5.52. The molecule has 8 heteroatoms. The van der Waals surface area contributed by atoms with Crippen molar-refractivity contribution >= 4 is 42.0 Å². The molecule has 1 N–H and O–H groups in total. The number of amides is 1. The Balaban J connectivity index is 1.54. The topological polar surface area (TPSA) is 81.7 Å². The number of thioether (sulfide) groups is 1. The molecular weight excluding hydrogens is 433 g/mol. The van der Waals surface area contributed by atoms with E-state index in [0.29, 0.717) is 22.3 Å². The SMILES string of the molecule is CCOP(=O)(OCC)c1ccc(NC(=O)C2SCC(=O)c3cc4c(cc32)CCC4)cc1. The summed E-state index contributed by atoms with van der Waals surface area (Å²) >= 11 is 1.36. The standard InChI is InChI=1S/C23H26NO5PS/c1-3-28-30(27,29-4-2)18-10-8-17(9-11-18)24-23(26)22-20-13-16-7-5-6-15(16)12-19(20)21(25)14-31-22/h8-13,22H,3-7,14H2,1-2H3,(H,24,26). The number of ketones is 1. The van der Waals surface area contributed by atoms with Gasteiger partial charge >= 0.3 is 7.60 Å². The van der Waals surface area contributed by atoms with E-state index in [9.17, 15) is 14.2 Å². The van der Waals surface area contributed by atoms with Crippen molar-refractivity contribution < 1.29 is 23.2 Å². The summed E-state index contributed by atoms with van der Waals surface area (Å²) < 4.78 is 23.6. The number of Topliss-reactive ketones (excluding diaryl/α,β-unsaturated/α-hetero) is 1. The predicted molar refractivity (Wildman–Crippen MR) is 124 cm³/mol. The number of carbonyl (C=O) groups is 2. The molecule has 2 aliphatic rings. The van der Waals surface area contributed by atoms with E-state index in [1.807, 2.05) is 6.07 Å². The average Bonchev–Trinajstić information content (AvgIpc) is 3.21. The number of hydrogen-bond donors (Lipinski definition) is 1. The van der Waals surface area contributed by atoms with Crippen LogP contribution in [-0.2, 0) is 31.2 Å². The number of hydrogen-bond acceptors (Lipinski definition) is 6. The van der Waals surface area contributed by atoms with Crippen molar-refractivity contribution in [3.63, 3.8) is 0 Å². The quantitative estimate of drug-likeness (QED) is 0.606. The molecule has 31 heavy (non-hydrogen) atoms. The highest BCUT2D eigenvalue weighted by atomic mass is 32.2. The monoisotopic (exact) mass is 459 g/mol. The molecule has 2 aromatic rings. The Labute approximate surface area is 186 Å². The van der Waals surface area contributed by atoms with Crippen molar-refractivity contribution in [2.24, 2.45) is 0 Å². The minimum Gasteiger partial charge on any atom is -0.325 e. The number of nitrogens with one attached hydrogen (secondary N) is 1. The van der Waals surface area contributed by atoms with Gasteiger partial charge in [-0.05, 0) is 80.1 Å². The third kappa shape index (κ3) is 4.51. The largest absolute Gasteiger partial charge is 0.361 e. The smallest absolute Gasteiger partial charge is 0.325 e. The van der Waals surface area contributed by atoms with Gasteiger partial charge in [0.15, 0.2) is 5.78 Å². The van der Waals surface area contributed by atoms with Crippen LogP contribution in [0.1, 0.15) is 52.6 Å². The van der Waals surface area contributed by atoms with Crippen LogP contribution < -0.4 is 10.6 Å². The highest BCUT2D eigenvalue weighted by Crippen LogP contribution is 2.47. The Morgan fingerprint density at radius 2 is 1.74 bits per heavy atom. The minimum atomic E-state index is -3.37. The molecule has 0 saturated carbocycles. The van der Waals surface area contributed by atoms with Crippen molar-refractivity contribution in [2.45, 2.75) is 38.4 Å². The molecule has 2 aromatic carbocycles. The summed E-state index contributed by atoms with van der Waals surface area (Å²) in [6.45, 7) is 4.08. The summed E-state index contributed by atoms with van der Waals surface area (Å²) in [5.41, 5.74) is 4.58. The lowest BCUT2D eigenvalue weighted by Crippen LogP contribution is -2.26. The number of benzene rings is 2. The van der Waals surface area contributed by atoms with Gasteiger partial charge in [-0.2, -0.15) is 0 Å². The van der Waals surface area contributed by atoms with Crippen LogP contribution in [0.25, 0.3) is 0 Å². The zero-order valence-electron chi connectivity index (χ0n) is 17.7. The Hall–Kier alpha value is -1.92. The van der Waals surface area contributed by atoms with Gasteiger partial charge in [0.25, 0.3) is 0 Å². The second-order valence-corrected chi connectivity index (χ2v) is 10.7. The Bertz CT molecular complexity index is 1040. The molecule has 1 aliphatic heterocycles. The zero-order chi connectivity index (χ0) is 22.0. The van der Waals surface area contributed by atoms with E-state index in [4.69, 9.17) is 9.05 Å². The fraction of sp³-hybridized carbons (Fsp3) is 0.391. The first-order chi connectivity index (χ1) is 14.9. The predicted octanol–water partition coefficient (Wildman–Crippen LogP) is 4.68. The molecule has 0 spiro atoms. The lowest BCUT2D eigenvalue weighted by molar-refractivity contribution is -0.115. The van der Waals surface area contributed by atoms with Gasteiger partial charge in [-0.3, -0.25) is 14.2 Å². The van der Waals surface area contributed by atoms with Gasteiger partial charge in [0, 0.05) is 11.3 Å². The molecule has 1 amide bonds. The van der Waals surface area contributed by atoms with Gasteiger partial charge in [-0.15, -0.1) is 11.8 Å². The molecule has 164 valence electrons. The fourth-order valence-corrected chi connectivity index (χ4v) is 6.73. The van der Waals surface area contributed by atoms with Crippen molar-refractivity contribution in [3.8, 4) is 0 Å². The molecule has 6 nitrogen and oxygen atoms in total. The maximum Gasteiger partial charge on any atom is 0.361 e. The number of rotatable bonds is 7. The maximum absolute atomic E-state index is 13.1. The van der Waals surface area contributed by atoms with Crippen LogP contribution in [0.15, 0.2) is 36.4 Å². The summed E-state index contributed by atoms with van der Waals surface area (Å²) in [6.07, 6.45) is 3.09. The number of anilines is 1. The average molecular weight is 460 g/mol. The lowest BCUT2D eigenvalue weighted by atomic mass is 9.94. The third-order valence-corrected chi connectivity index (χ3v) is 8.87. The van der Waals surface area contributed by atoms with Gasteiger partial charge < -0.3 is 14.4 Å². The zero-order valence-corrected chi connectivity index (χ0v) is 19.4. The Kier molecular flexibility index (Phi) is 6.68. The molecule has 0 bridgehead atoms. The van der Waals surface area contributed by atoms with Gasteiger partial charge in [-0.25, -0.2) is 0 Å². The number of carbonyl (C=O) groups excluding carboxylic acids is 2. The molecule has 0 aromatic heterocycles. The van der Waals surface area contributed by atoms with Gasteiger partial charge in [0.1, 0.15) is 5.25 Å². The highest BCUT2D eigenvalue weighted by molar-refractivity contribution is 8.01. The van der Waals surface area contributed by atoms with E-state index in [-0.39, 0.29) is 24.9 Å². The second kappa shape index (κ2) is 9.29. The maximum atomic E-state index is 13.1. The van der Waals surface area contributed by atoms with Crippen molar-refractivity contribution in [1.29, 1.82) is 0 Å². The molecule has 1 atom stereocenters. The van der Waals surface area contributed by atoms with Crippen LogP contribution in [0.2, 0.25) is 0 Å². The van der Waals surface area contributed by atoms with Gasteiger partial charge in [-0.1, -0.05) is 6.07 Å².